The minimum absolute atomic E-state index is 0.169. The molecule has 184 valence electrons. The minimum atomic E-state index is -0.675. The second-order valence-electron chi connectivity index (χ2n) is 8.17. The van der Waals surface area contributed by atoms with E-state index in [-0.39, 0.29) is 30.6 Å². The molecule has 11 heteroatoms. The van der Waals surface area contributed by atoms with Crippen molar-refractivity contribution < 1.29 is 14.1 Å². The van der Waals surface area contributed by atoms with E-state index >= 15 is 0 Å². The number of guanidine groups is 1. The first kappa shape index (κ1) is 24.0. The molecule has 1 aliphatic heterocycles. The number of hydrogen-bond donors (Lipinski definition) is 1. The Morgan fingerprint density at radius 1 is 1.14 bits per heavy atom. The van der Waals surface area contributed by atoms with Crippen LogP contribution in [-0.2, 0) is 11.3 Å². The Kier molecular flexibility index (Phi) is 6.78. The van der Waals surface area contributed by atoms with Crippen LogP contribution in [0, 0.1) is 18.3 Å². The van der Waals surface area contributed by atoms with Crippen LogP contribution in [0.15, 0.2) is 76.2 Å². The minimum Gasteiger partial charge on any atom is -0.439 e. The van der Waals surface area contributed by atoms with Crippen molar-refractivity contribution in [2.75, 3.05) is 11.9 Å². The number of nitriles is 1. The van der Waals surface area contributed by atoms with E-state index in [2.05, 4.69) is 25.4 Å². The van der Waals surface area contributed by atoms with E-state index in [4.69, 9.17) is 26.1 Å². The lowest BCUT2D eigenvalue weighted by Gasteiger charge is -2.31. The maximum Gasteiger partial charge on any atom is 0.244 e. The van der Waals surface area contributed by atoms with Gasteiger partial charge in [-0.3, -0.25) is 14.7 Å². The molecular weight excluding hydrogens is 494 g/mol. The first-order valence-corrected chi connectivity index (χ1v) is 11.7. The Balaban J connectivity index is 1.36. The molecule has 37 heavy (non-hydrogen) atoms. The molecule has 0 spiro atoms. The number of aromatic nitrogens is 3. The predicted molar refractivity (Wildman–Crippen MR) is 135 cm³/mol. The number of aliphatic imine (C=N–C) groups is 1. The van der Waals surface area contributed by atoms with E-state index in [1.165, 1.54) is 0 Å². The number of ether oxygens (including phenoxy) is 1. The second kappa shape index (κ2) is 10.5. The van der Waals surface area contributed by atoms with Gasteiger partial charge in [0, 0.05) is 16.8 Å². The summed E-state index contributed by atoms with van der Waals surface area (Å²) in [5.41, 5.74) is 1.85. The van der Waals surface area contributed by atoms with Crippen molar-refractivity contribution in [2.24, 2.45) is 4.99 Å². The molecule has 0 fully saturated rings. The van der Waals surface area contributed by atoms with Crippen molar-refractivity contribution in [2.45, 2.75) is 19.4 Å². The van der Waals surface area contributed by atoms with Crippen LogP contribution in [0.5, 0.6) is 11.6 Å². The summed E-state index contributed by atoms with van der Waals surface area (Å²) in [6, 6.07) is 21.3. The quantitative estimate of drug-likeness (QED) is 0.393. The zero-order valence-electron chi connectivity index (χ0n) is 19.6. The summed E-state index contributed by atoms with van der Waals surface area (Å²) in [5, 5.41) is 16.7. The van der Waals surface area contributed by atoms with Crippen LogP contribution >= 0.6 is 11.6 Å². The monoisotopic (exact) mass is 513 g/mol. The predicted octanol–water partition coefficient (Wildman–Crippen LogP) is 4.68. The number of benzene rings is 2. The topological polar surface area (TPSA) is 130 Å². The molecule has 3 heterocycles. The van der Waals surface area contributed by atoms with Gasteiger partial charge >= 0.3 is 0 Å². The van der Waals surface area contributed by atoms with Crippen molar-refractivity contribution in [3.05, 3.63) is 94.7 Å². The molecule has 1 aliphatic rings. The first-order chi connectivity index (χ1) is 18.0. The summed E-state index contributed by atoms with van der Waals surface area (Å²) in [7, 11) is 0. The highest BCUT2D eigenvalue weighted by molar-refractivity contribution is 6.30. The fourth-order valence-electron chi connectivity index (χ4n) is 3.69. The summed E-state index contributed by atoms with van der Waals surface area (Å²) in [4.78, 5) is 28.0. The van der Waals surface area contributed by atoms with Gasteiger partial charge in [0.1, 0.15) is 23.4 Å². The van der Waals surface area contributed by atoms with Gasteiger partial charge in [-0.25, -0.2) is 4.98 Å². The number of pyridine rings is 1. The molecule has 2 aromatic carbocycles. The number of halogens is 1. The third-order valence-corrected chi connectivity index (χ3v) is 5.76. The highest BCUT2D eigenvalue weighted by atomic mass is 35.5. The standard InChI is InChI=1S/C26H20ClN7O3/c1-16-30-24(37-33-16)22-14-29-26(34(25(22)35)15-17-5-7-18(27)8-6-17)32-19-9-11-21(12-10-19)36-23-4-2-3-20(13-28)31-23/h2-12,22H,14-15H2,1H3,(H,29,32). The van der Waals surface area contributed by atoms with Gasteiger partial charge in [-0.2, -0.15) is 10.2 Å². The Morgan fingerprint density at radius 3 is 2.62 bits per heavy atom. The highest BCUT2D eigenvalue weighted by Crippen LogP contribution is 2.26. The summed E-state index contributed by atoms with van der Waals surface area (Å²) in [6.45, 7) is 2.14. The Labute approximate surface area is 217 Å². The molecule has 0 saturated heterocycles. The van der Waals surface area contributed by atoms with Gasteiger partial charge in [-0.05, 0) is 55.0 Å². The van der Waals surface area contributed by atoms with Crippen molar-refractivity contribution in [3.63, 3.8) is 0 Å². The molecule has 1 N–H and O–H groups in total. The van der Waals surface area contributed by atoms with Crippen molar-refractivity contribution in [3.8, 4) is 17.7 Å². The van der Waals surface area contributed by atoms with Gasteiger partial charge in [-0.15, -0.1) is 0 Å². The van der Waals surface area contributed by atoms with Crippen LogP contribution < -0.4 is 10.1 Å². The smallest absolute Gasteiger partial charge is 0.244 e. The second-order valence-corrected chi connectivity index (χ2v) is 8.61. The number of nitrogens with zero attached hydrogens (tertiary/aromatic N) is 6. The fourth-order valence-corrected chi connectivity index (χ4v) is 3.82. The summed E-state index contributed by atoms with van der Waals surface area (Å²) in [6.07, 6.45) is 0. The molecule has 1 atom stereocenters. The van der Waals surface area contributed by atoms with Crippen LogP contribution in [0.2, 0.25) is 5.02 Å². The average Bonchev–Trinajstić information content (AvgIpc) is 3.34. The number of rotatable bonds is 6. The Hall–Kier alpha value is -4.75. The van der Waals surface area contributed by atoms with E-state index in [0.717, 1.165) is 5.56 Å². The van der Waals surface area contributed by atoms with Crippen molar-refractivity contribution >= 4 is 29.2 Å². The Morgan fingerprint density at radius 2 is 1.92 bits per heavy atom. The lowest BCUT2D eigenvalue weighted by atomic mass is 10.1. The number of carbonyl (C=O) groups excluding carboxylic acids is 1. The van der Waals surface area contributed by atoms with Gasteiger partial charge in [0.05, 0.1) is 13.1 Å². The zero-order chi connectivity index (χ0) is 25.8. The number of amides is 1. The molecule has 4 aromatic rings. The number of anilines is 1. The summed E-state index contributed by atoms with van der Waals surface area (Å²) >= 11 is 6.03. The average molecular weight is 514 g/mol. The van der Waals surface area contributed by atoms with Crippen LogP contribution in [0.3, 0.4) is 0 Å². The molecule has 2 aromatic heterocycles. The molecular formula is C26H20ClN7O3. The van der Waals surface area contributed by atoms with Crippen LogP contribution in [-0.4, -0.2) is 38.4 Å². The van der Waals surface area contributed by atoms with Crippen LogP contribution in [0.25, 0.3) is 0 Å². The maximum absolute atomic E-state index is 13.5. The maximum atomic E-state index is 13.5. The summed E-state index contributed by atoms with van der Waals surface area (Å²) < 4.78 is 11.0. The molecule has 0 bridgehead atoms. The molecule has 5 rings (SSSR count). The van der Waals surface area contributed by atoms with Crippen molar-refractivity contribution in [1.29, 1.82) is 5.26 Å². The molecule has 1 unspecified atom stereocenters. The number of hydrogen-bond acceptors (Lipinski definition) is 9. The van der Waals surface area contributed by atoms with E-state index in [9.17, 15) is 4.79 Å². The van der Waals surface area contributed by atoms with E-state index in [1.54, 1.807) is 66.4 Å². The molecule has 10 nitrogen and oxygen atoms in total. The molecule has 0 radical (unpaired) electrons. The van der Waals surface area contributed by atoms with E-state index in [1.807, 2.05) is 18.2 Å². The van der Waals surface area contributed by atoms with Gasteiger partial charge < -0.3 is 14.6 Å². The molecule has 0 aliphatic carbocycles. The van der Waals surface area contributed by atoms with Crippen LogP contribution in [0.1, 0.15) is 28.9 Å². The van der Waals surface area contributed by atoms with E-state index < -0.39 is 5.92 Å². The number of carbonyl (C=O) groups is 1. The van der Waals surface area contributed by atoms with Gasteiger partial charge in [0.15, 0.2) is 5.82 Å². The number of nitrogens with one attached hydrogen (secondary N) is 1. The van der Waals surface area contributed by atoms with Gasteiger partial charge in [-0.1, -0.05) is 35.0 Å². The zero-order valence-corrected chi connectivity index (χ0v) is 20.4. The largest absolute Gasteiger partial charge is 0.439 e. The lowest BCUT2D eigenvalue weighted by Crippen LogP contribution is -2.47. The highest BCUT2D eigenvalue weighted by Gasteiger charge is 2.36. The third kappa shape index (κ3) is 5.58. The van der Waals surface area contributed by atoms with E-state index in [0.29, 0.717) is 34.1 Å². The van der Waals surface area contributed by atoms with Crippen molar-refractivity contribution in [1.82, 2.24) is 20.0 Å². The van der Waals surface area contributed by atoms with Gasteiger partial charge in [0.2, 0.25) is 23.6 Å². The van der Waals surface area contributed by atoms with Gasteiger partial charge in [0.25, 0.3) is 0 Å². The lowest BCUT2D eigenvalue weighted by molar-refractivity contribution is -0.130. The third-order valence-electron chi connectivity index (χ3n) is 5.51. The SMILES string of the molecule is Cc1noc(C2CN=C(Nc3ccc(Oc4cccc(C#N)n4)cc3)N(Cc3ccc(Cl)cc3)C2=O)n1. The van der Waals surface area contributed by atoms with Crippen LogP contribution in [0.4, 0.5) is 5.69 Å². The Bertz CT molecular complexity index is 1490. The first-order valence-electron chi connectivity index (χ1n) is 11.3. The molecule has 0 saturated carbocycles. The number of aryl methyl sites for hydroxylation is 1. The fraction of sp³-hybridized carbons (Fsp3) is 0.154. The normalized spacial score (nSPS) is 15.2. The summed E-state index contributed by atoms with van der Waals surface area (Å²) in [5.74, 6) is 1.06. The molecule has 1 amide bonds.